The van der Waals surface area contributed by atoms with Gasteiger partial charge in [0.15, 0.2) is 0 Å². The van der Waals surface area contributed by atoms with Gasteiger partial charge in [-0.05, 0) is 43.5 Å². The Morgan fingerprint density at radius 1 is 1.10 bits per heavy atom. The Balaban J connectivity index is 1.94. The van der Waals surface area contributed by atoms with Gasteiger partial charge in [0.2, 0.25) is 0 Å². The van der Waals surface area contributed by atoms with Gasteiger partial charge in [0, 0.05) is 35.8 Å². The van der Waals surface area contributed by atoms with Crippen LogP contribution in [-0.2, 0) is 4.74 Å². The predicted octanol–water partition coefficient (Wildman–Crippen LogP) is 4.28. The number of non-ortho nitro benzene ring substituents is 1. The Hall–Kier alpha value is -3.13. The SMILES string of the molecule is COC(=O)c1cc(C(=O)Nc2cc(Cl)ccc2N2CCCCC2)cc([N+](=O)[O-])c1. The molecule has 1 saturated heterocycles. The van der Waals surface area contributed by atoms with E-state index in [9.17, 15) is 19.7 Å². The van der Waals surface area contributed by atoms with Crippen LogP contribution in [0.2, 0.25) is 5.02 Å². The van der Waals surface area contributed by atoms with E-state index in [-0.39, 0.29) is 16.8 Å². The van der Waals surface area contributed by atoms with Crippen LogP contribution < -0.4 is 10.2 Å². The first kappa shape index (κ1) is 20.6. The molecular formula is C20H20ClN3O5. The van der Waals surface area contributed by atoms with Crippen LogP contribution in [0.15, 0.2) is 36.4 Å². The Labute approximate surface area is 172 Å². The molecule has 0 atom stereocenters. The maximum atomic E-state index is 12.9. The Morgan fingerprint density at radius 2 is 1.79 bits per heavy atom. The summed E-state index contributed by atoms with van der Waals surface area (Å²) in [5.41, 5.74) is 0.871. The van der Waals surface area contributed by atoms with Crippen molar-refractivity contribution in [3.63, 3.8) is 0 Å². The number of methoxy groups -OCH3 is 1. The fourth-order valence-corrected chi connectivity index (χ4v) is 3.47. The smallest absolute Gasteiger partial charge is 0.338 e. The van der Waals surface area contributed by atoms with Crippen LogP contribution in [0.4, 0.5) is 17.1 Å². The number of carbonyl (C=O) groups excluding carboxylic acids is 2. The van der Waals surface area contributed by atoms with E-state index in [0.29, 0.717) is 10.7 Å². The minimum absolute atomic E-state index is 0.0239. The van der Waals surface area contributed by atoms with E-state index in [4.69, 9.17) is 11.6 Å². The topological polar surface area (TPSA) is 102 Å². The van der Waals surface area contributed by atoms with Crippen LogP contribution >= 0.6 is 11.6 Å². The van der Waals surface area contributed by atoms with E-state index < -0.39 is 16.8 Å². The number of nitrogens with zero attached hydrogens (tertiary/aromatic N) is 2. The van der Waals surface area contributed by atoms with Gasteiger partial charge in [-0.15, -0.1) is 0 Å². The molecule has 8 nitrogen and oxygen atoms in total. The minimum Gasteiger partial charge on any atom is -0.465 e. The van der Waals surface area contributed by atoms with Crippen molar-refractivity contribution in [1.82, 2.24) is 0 Å². The number of nitro benzene ring substituents is 1. The first-order valence-electron chi connectivity index (χ1n) is 9.12. The molecule has 0 unspecified atom stereocenters. The van der Waals surface area contributed by atoms with Gasteiger partial charge in [-0.25, -0.2) is 4.79 Å². The van der Waals surface area contributed by atoms with Crippen molar-refractivity contribution in [2.75, 3.05) is 30.4 Å². The lowest BCUT2D eigenvalue weighted by Crippen LogP contribution is -2.30. The number of anilines is 2. The van der Waals surface area contributed by atoms with E-state index in [0.717, 1.165) is 57.3 Å². The summed E-state index contributed by atoms with van der Waals surface area (Å²) in [5, 5.41) is 14.4. The van der Waals surface area contributed by atoms with Crippen molar-refractivity contribution in [2.24, 2.45) is 0 Å². The van der Waals surface area contributed by atoms with Crippen LogP contribution in [0.5, 0.6) is 0 Å². The monoisotopic (exact) mass is 417 g/mol. The molecular weight excluding hydrogens is 398 g/mol. The number of piperidine rings is 1. The van der Waals surface area contributed by atoms with E-state index in [1.54, 1.807) is 12.1 Å². The van der Waals surface area contributed by atoms with Crippen LogP contribution in [0.1, 0.15) is 40.0 Å². The normalized spacial score (nSPS) is 13.7. The number of benzene rings is 2. The van der Waals surface area contributed by atoms with Gasteiger partial charge in [-0.2, -0.15) is 0 Å². The number of esters is 1. The van der Waals surface area contributed by atoms with Crippen molar-refractivity contribution < 1.29 is 19.2 Å². The van der Waals surface area contributed by atoms with Crippen molar-refractivity contribution in [3.8, 4) is 0 Å². The second-order valence-corrected chi connectivity index (χ2v) is 7.12. The second-order valence-electron chi connectivity index (χ2n) is 6.68. The van der Waals surface area contributed by atoms with Crippen LogP contribution in [-0.4, -0.2) is 37.0 Å². The van der Waals surface area contributed by atoms with E-state index in [2.05, 4.69) is 15.0 Å². The molecule has 0 spiro atoms. The highest BCUT2D eigenvalue weighted by molar-refractivity contribution is 6.31. The average molecular weight is 418 g/mol. The highest BCUT2D eigenvalue weighted by Gasteiger charge is 2.21. The summed E-state index contributed by atoms with van der Waals surface area (Å²) >= 11 is 6.12. The van der Waals surface area contributed by atoms with E-state index in [1.807, 2.05) is 6.07 Å². The van der Waals surface area contributed by atoms with Crippen LogP contribution in [0.25, 0.3) is 0 Å². The second kappa shape index (κ2) is 8.91. The summed E-state index contributed by atoms with van der Waals surface area (Å²) in [7, 11) is 1.16. The molecule has 0 saturated carbocycles. The number of hydrogen-bond acceptors (Lipinski definition) is 6. The summed E-state index contributed by atoms with van der Waals surface area (Å²) < 4.78 is 4.62. The lowest BCUT2D eigenvalue weighted by Gasteiger charge is -2.30. The molecule has 9 heteroatoms. The number of halogens is 1. The largest absolute Gasteiger partial charge is 0.465 e. The Morgan fingerprint density at radius 3 is 2.45 bits per heavy atom. The van der Waals surface area contributed by atoms with Gasteiger partial charge in [0.05, 0.1) is 29.0 Å². The van der Waals surface area contributed by atoms with Gasteiger partial charge in [-0.1, -0.05) is 11.6 Å². The zero-order chi connectivity index (χ0) is 21.0. The summed E-state index contributed by atoms with van der Waals surface area (Å²) in [4.78, 5) is 37.4. The number of amides is 1. The third-order valence-electron chi connectivity index (χ3n) is 4.72. The average Bonchev–Trinajstić information content (AvgIpc) is 2.73. The standard InChI is InChI=1S/C20H20ClN3O5/c1-29-20(26)14-9-13(10-16(11-14)24(27)28)19(25)22-17-12-15(21)5-6-18(17)23-7-3-2-4-8-23/h5-6,9-12H,2-4,7-8H2,1H3,(H,22,25). The van der Waals surface area contributed by atoms with Gasteiger partial charge in [0.1, 0.15) is 0 Å². The lowest BCUT2D eigenvalue weighted by molar-refractivity contribution is -0.384. The van der Waals surface area contributed by atoms with Crippen LogP contribution in [0.3, 0.4) is 0 Å². The first-order valence-corrected chi connectivity index (χ1v) is 9.50. The fourth-order valence-electron chi connectivity index (χ4n) is 3.30. The number of ether oxygens (including phenoxy) is 1. The number of carbonyl (C=O) groups is 2. The molecule has 1 aliphatic heterocycles. The number of rotatable bonds is 5. The van der Waals surface area contributed by atoms with E-state index in [1.165, 1.54) is 6.07 Å². The van der Waals surface area contributed by atoms with Gasteiger partial charge < -0.3 is 15.0 Å². The Kier molecular flexibility index (Phi) is 6.33. The molecule has 2 aromatic carbocycles. The third-order valence-corrected chi connectivity index (χ3v) is 4.95. The zero-order valence-electron chi connectivity index (χ0n) is 15.8. The van der Waals surface area contributed by atoms with Gasteiger partial charge >= 0.3 is 5.97 Å². The van der Waals surface area contributed by atoms with Crippen LogP contribution in [0, 0.1) is 10.1 Å². The maximum absolute atomic E-state index is 12.9. The molecule has 1 fully saturated rings. The molecule has 0 aromatic heterocycles. The summed E-state index contributed by atoms with van der Waals surface area (Å²) in [6, 6.07) is 8.69. The molecule has 0 aliphatic carbocycles. The lowest BCUT2D eigenvalue weighted by atomic mass is 10.1. The summed E-state index contributed by atoms with van der Waals surface area (Å²) in [5.74, 6) is -1.35. The molecule has 1 N–H and O–H groups in total. The minimum atomic E-state index is -0.764. The van der Waals surface area contributed by atoms with Crippen molar-refractivity contribution >= 4 is 40.5 Å². The van der Waals surface area contributed by atoms with Gasteiger partial charge in [-0.3, -0.25) is 14.9 Å². The predicted molar refractivity (Wildman–Crippen MR) is 110 cm³/mol. The molecule has 1 aliphatic rings. The van der Waals surface area contributed by atoms with Crippen molar-refractivity contribution in [1.29, 1.82) is 0 Å². The molecule has 0 radical (unpaired) electrons. The molecule has 29 heavy (non-hydrogen) atoms. The number of nitro groups is 1. The molecule has 1 amide bonds. The zero-order valence-corrected chi connectivity index (χ0v) is 16.6. The highest BCUT2D eigenvalue weighted by Crippen LogP contribution is 2.32. The van der Waals surface area contributed by atoms with Crippen molar-refractivity contribution in [3.05, 3.63) is 62.7 Å². The molecule has 2 aromatic rings. The quantitative estimate of drug-likeness (QED) is 0.442. The highest BCUT2D eigenvalue weighted by atomic mass is 35.5. The third kappa shape index (κ3) is 4.83. The fraction of sp³-hybridized carbons (Fsp3) is 0.300. The molecule has 152 valence electrons. The first-order chi connectivity index (χ1) is 13.9. The van der Waals surface area contributed by atoms with E-state index >= 15 is 0 Å². The number of nitrogens with one attached hydrogen (secondary N) is 1. The maximum Gasteiger partial charge on any atom is 0.338 e. The van der Waals surface area contributed by atoms with Crippen molar-refractivity contribution in [2.45, 2.75) is 19.3 Å². The van der Waals surface area contributed by atoms with Gasteiger partial charge in [0.25, 0.3) is 11.6 Å². The molecule has 3 rings (SSSR count). The molecule has 1 heterocycles. The molecule has 0 bridgehead atoms. The summed E-state index contributed by atoms with van der Waals surface area (Å²) in [6.45, 7) is 1.74. The Bertz CT molecular complexity index is 957. The number of hydrogen-bond donors (Lipinski definition) is 1. The summed E-state index contributed by atoms with van der Waals surface area (Å²) in [6.07, 6.45) is 3.28.